The summed E-state index contributed by atoms with van der Waals surface area (Å²) in [5.74, 6) is -0.143. The first-order valence-corrected chi connectivity index (χ1v) is 11.9. The zero-order valence-electron chi connectivity index (χ0n) is 19.1. The number of hydrogen-bond acceptors (Lipinski definition) is 5. The van der Waals surface area contributed by atoms with Crippen molar-refractivity contribution >= 4 is 29.0 Å². The number of anilines is 1. The van der Waals surface area contributed by atoms with Crippen molar-refractivity contribution in [3.05, 3.63) is 88.1 Å². The molecular weight excluding hydrogens is 448 g/mol. The summed E-state index contributed by atoms with van der Waals surface area (Å²) in [6, 6.07) is 22.1. The van der Waals surface area contributed by atoms with Gasteiger partial charge >= 0.3 is 6.03 Å². The lowest BCUT2D eigenvalue weighted by Crippen LogP contribution is -2.44. The average Bonchev–Trinajstić information content (AvgIpc) is 3.37. The molecule has 3 aromatic rings. The predicted molar refractivity (Wildman–Crippen MR) is 133 cm³/mol. The molecule has 1 aromatic heterocycles. The number of hydrogen-bond donors (Lipinski definition) is 1. The molecule has 0 spiro atoms. The molecule has 0 unspecified atom stereocenters. The minimum atomic E-state index is -0.393. The SMILES string of the molecule is COCCCN(CC(=O)N(Cc1ccccc1)Cc1cccs1)C(=O)Nc1cccc(C#N)c1. The molecule has 34 heavy (non-hydrogen) atoms. The normalized spacial score (nSPS) is 10.4. The first-order chi connectivity index (χ1) is 16.6. The second-order valence-corrected chi connectivity index (χ2v) is 8.74. The van der Waals surface area contributed by atoms with E-state index >= 15 is 0 Å². The Morgan fingerprint density at radius 2 is 1.85 bits per heavy atom. The van der Waals surface area contributed by atoms with E-state index in [4.69, 9.17) is 10.00 Å². The summed E-state index contributed by atoms with van der Waals surface area (Å²) >= 11 is 1.60. The van der Waals surface area contributed by atoms with Crippen LogP contribution in [0.2, 0.25) is 0 Å². The summed E-state index contributed by atoms with van der Waals surface area (Å²) in [7, 11) is 1.60. The van der Waals surface area contributed by atoms with Gasteiger partial charge in [-0.05, 0) is 41.6 Å². The molecule has 0 fully saturated rings. The number of amides is 3. The molecule has 8 heteroatoms. The highest BCUT2D eigenvalue weighted by Crippen LogP contribution is 2.16. The molecular formula is C26H28N4O3S. The van der Waals surface area contributed by atoms with E-state index in [1.165, 1.54) is 4.90 Å². The molecule has 2 aromatic carbocycles. The van der Waals surface area contributed by atoms with E-state index in [0.29, 0.717) is 43.9 Å². The van der Waals surface area contributed by atoms with Crippen molar-refractivity contribution in [3.8, 4) is 6.07 Å². The third kappa shape index (κ3) is 7.73. The fourth-order valence-electron chi connectivity index (χ4n) is 3.41. The lowest BCUT2D eigenvalue weighted by molar-refractivity contribution is -0.133. The molecule has 0 saturated heterocycles. The highest BCUT2D eigenvalue weighted by atomic mass is 32.1. The highest BCUT2D eigenvalue weighted by Gasteiger charge is 2.22. The molecule has 1 N–H and O–H groups in total. The average molecular weight is 477 g/mol. The van der Waals surface area contributed by atoms with Gasteiger partial charge in [0.25, 0.3) is 0 Å². The second kappa shape index (κ2) is 13.1. The number of nitrogens with zero attached hydrogens (tertiary/aromatic N) is 3. The van der Waals surface area contributed by atoms with Gasteiger partial charge in [-0.15, -0.1) is 11.3 Å². The van der Waals surface area contributed by atoms with E-state index in [1.807, 2.05) is 47.8 Å². The van der Waals surface area contributed by atoms with Crippen LogP contribution in [-0.2, 0) is 22.6 Å². The maximum Gasteiger partial charge on any atom is 0.322 e. The van der Waals surface area contributed by atoms with Gasteiger partial charge in [0.05, 0.1) is 18.2 Å². The van der Waals surface area contributed by atoms with Crippen LogP contribution < -0.4 is 5.32 Å². The Morgan fingerprint density at radius 3 is 2.56 bits per heavy atom. The highest BCUT2D eigenvalue weighted by molar-refractivity contribution is 7.09. The number of benzene rings is 2. The van der Waals surface area contributed by atoms with Crippen molar-refractivity contribution in [2.45, 2.75) is 19.5 Å². The van der Waals surface area contributed by atoms with Gasteiger partial charge in [0.1, 0.15) is 6.54 Å². The van der Waals surface area contributed by atoms with Crippen molar-refractivity contribution < 1.29 is 14.3 Å². The van der Waals surface area contributed by atoms with Crippen LogP contribution in [0.15, 0.2) is 72.1 Å². The maximum atomic E-state index is 13.4. The Morgan fingerprint density at radius 1 is 1.03 bits per heavy atom. The number of nitriles is 1. The first kappa shape index (κ1) is 25.0. The van der Waals surface area contributed by atoms with Crippen molar-refractivity contribution in [3.63, 3.8) is 0 Å². The van der Waals surface area contributed by atoms with Crippen LogP contribution in [0.25, 0.3) is 0 Å². The Kier molecular flexibility index (Phi) is 9.65. The van der Waals surface area contributed by atoms with E-state index in [1.54, 1.807) is 47.6 Å². The van der Waals surface area contributed by atoms with Crippen LogP contribution in [0, 0.1) is 11.3 Å². The van der Waals surface area contributed by atoms with Crippen molar-refractivity contribution in [1.82, 2.24) is 9.80 Å². The van der Waals surface area contributed by atoms with Gasteiger partial charge in [-0.3, -0.25) is 4.79 Å². The zero-order valence-corrected chi connectivity index (χ0v) is 20.0. The molecule has 3 rings (SSSR count). The van der Waals surface area contributed by atoms with E-state index in [0.717, 1.165) is 10.4 Å². The predicted octanol–water partition coefficient (Wildman–Crippen LogP) is 4.72. The minimum absolute atomic E-state index is 0.0638. The van der Waals surface area contributed by atoms with Crippen molar-refractivity contribution in [2.75, 3.05) is 32.1 Å². The third-order valence-electron chi connectivity index (χ3n) is 5.13. The van der Waals surface area contributed by atoms with Gasteiger partial charge in [-0.25, -0.2) is 4.79 Å². The zero-order chi connectivity index (χ0) is 24.2. The quantitative estimate of drug-likeness (QED) is 0.406. The smallest absolute Gasteiger partial charge is 0.322 e. The monoisotopic (exact) mass is 476 g/mol. The van der Waals surface area contributed by atoms with Gasteiger partial charge in [0, 0.05) is 37.4 Å². The Hall–Kier alpha value is -3.67. The fraction of sp³-hybridized carbons (Fsp3) is 0.269. The van der Waals surface area contributed by atoms with Gasteiger partial charge in [0.15, 0.2) is 0 Å². The van der Waals surface area contributed by atoms with Gasteiger partial charge in [-0.2, -0.15) is 5.26 Å². The van der Waals surface area contributed by atoms with E-state index in [2.05, 4.69) is 11.4 Å². The lowest BCUT2D eigenvalue weighted by atomic mass is 10.2. The standard InChI is InChI=1S/C26H28N4O3S/c1-33-14-7-13-29(26(32)28-23-11-5-10-22(16-23)17-27)20-25(31)30(19-24-12-6-15-34-24)18-21-8-3-2-4-9-21/h2-6,8-12,15-16H,7,13-14,18-20H2,1H3,(H,28,32). The van der Waals surface area contributed by atoms with E-state index in [-0.39, 0.29) is 12.5 Å². The van der Waals surface area contributed by atoms with Crippen LogP contribution in [0.3, 0.4) is 0 Å². The summed E-state index contributed by atoms with van der Waals surface area (Å²) in [6.45, 7) is 1.70. The molecule has 0 aliphatic carbocycles. The number of carbonyl (C=O) groups is 2. The molecule has 0 saturated carbocycles. The van der Waals surface area contributed by atoms with Crippen LogP contribution in [0.4, 0.5) is 10.5 Å². The topological polar surface area (TPSA) is 85.7 Å². The molecule has 0 radical (unpaired) electrons. The van der Waals surface area contributed by atoms with Crippen LogP contribution in [0.5, 0.6) is 0 Å². The third-order valence-corrected chi connectivity index (χ3v) is 5.99. The van der Waals surface area contributed by atoms with Gasteiger partial charge < -0.3 is 19.9 Å². The van der Waals surface area contributed by atoms with Gasteiger partial charge in [0.2, 0.25) is 5.91 Å². The number of ether oxygens (including phenoxy) is 1. The number of rotatable bonds is 11. The number of nitrogens with one attached hydrogen (secondary N) is 1. The summed E-state index contributed by atoms with van der Waals surface area (Å²) in [5.41, 5.74) is 1.98. The second-order valence-electron chi connectivity index (χ2n) is 7.71. The summed E-state index contributed by atoms with van der Waals surface area (Å²) in [5, 5.41) is 13.9. The Bertz CT molecular complexity index is 1100. The Labute approximate surface area is 204 Å². The summed E-state index contributed by atoms with van der Waals surface area (Å²) in [4.78, 5) is 30.8. The Balaban J connectivity index is 1.74. The summed E-state index contributed by atoms with van der Waals surface area (Å²) < 4.78 is 5.13. The molecule has 0 aliphatic heterocycles. The largest absolute Gasteiger partial charge is 0.385 e. The van der Waals surface area contributed by atoms with Crippen LogP contribution in [-0.4, -0.2) is 48.5 Å². The molecule has 0 bridgehead atoms. The minimum Gasteiger partial charge on any atom is -0.385 e. The van der Waals surface area contributed by atoms with E-state index in [9.17, 15) is 9.59 Å². The van der Waals surface area contributed by atoms with Crippen LogP contribution >= 0.6 is 11.3 Å². The van der Waals surface area contributed by atoms with Crippen LogP contribution in [0.1, 0.15) is 22.4 Å². The first-order valence-electron chi connectivity index (χ1n) is 11.0. The molecule has 0 aliphatic rings. The van der Waals surface area contributed by atoms with Gasteiger partial charge in [-0.1, -0.05) is 42.5 Å². The fourth-order valence-corrected chi connectivity index (χ4v) is 4.13. The molecule has 176 valence electrons. The molecule has 1 heterocycles. The molecule has 7 nitrogen and oxygen atoms in total. The summed E-state index contributed by atoms with van der Waals surface area (Å²) in [6.07, 6.45) is 0.596. The number of carbonyl (C=O) groups excluding carboxylic acids is 2. The number of thiophene rings is 1. The molecule has 3 amide bonds. The van der Waals surface area contributed by atoms with Crippen molar-refractivity contribution in [2.24, 2.45) is 0 Å². The lowest BCUT2D eigenvalue weighted by Gasteiger charge is -2.28. The number of methoxy groups -OCH3 is 1. The maximum absolute atomic E-state index is 13.4. The van der Waals surface area contributed by atoms with Crippen molar-refractivity contribution in [1.29, 1.82) is 5.26 Å². The number of urea groups is 1. The van der Waals surface area contributed by atoms with E-state index < -0.39 is 6.03 Å². The molecule has 0 atom stereocenters.